The molecule has 0 amide bonds. The van der Waals surface area contributed by atoms with Gasteiger partial charge in [0.1, 0.15) is 11.6 Å². The van der Waals surface area contributed by atoms with Gasteiger partial charge in [-0.15, -0.1) is 0 Å². The summed E-state index contributed by atoms with van der Waals surface area (Å²) in [4.78, 5) is 13.7. The molecule has 0 N–H and O–H groups in total. The van der Waals surface area contributed by atoms with Gasteiger partial charge >= 0.3 is 0 Å². The van der Waals surface area contributed by atoms with Gasteiger partial charge in [-0.2, -0.15) is 0 Å². The molecule has 0 radical (unpaired) electrons. The summed E-state index contributed by atoms with van der Waals surface area (Å²) >= 11 is 0. The van der Waals surface area contributed by atoms with Crippen LogP contribution in [0.5, 0.6) is 0 Å². The van der Waals surface area contributed by atoms with Crippen LogP contribution < -0.4 is 0 Å². The normalized spacial score (nSPS) is 10.8. The summed E-state index contributed by atoms with van der Waals surface area (Å²) in [5.41, 5.74) is 0.994. The third kappa shape index (κ3) is 3.71. The molecule has 0 aliphatic rings. The molecule has 0 aliphatic carbocycles. The van der Waals surface area contributed by atoms with Gasteiger partial charge < -0.3 is 0 Å². The summed E-state index contributed by atoms with van der Waals surface area (Å²) in [5, 5.41) is 0. The number of Topliss-reactive ketones (excluding diaryl/α,β-unsaturated/α-hetero) is 1. The molecular formula is C16H15F2NO. The molecule has 0 saturated carbocycles. The fourth-order valence-corrected chi connectivity index (χ4v) is 1.98. The fraction of sp³-hybridized carbons (Fsp3) is 0.188. The van der Waals surface area contributed by atoms with Gasteiger partial charge in [-0.25, -0.2) is 8.78 Å². The Balaban J connectivity index is 1.98. The minimum Gasteiger partial charge on any atom is -0.295 e. The van der Waals surface area contributed by atoms with Gasteiger partial charge in [0.15, 0.2) is 5.78 Å². The number of hydrogen-bond donors (Lipinski definition) is 0. The molecule has 2 rings (SSSR count). The van der Waals surface area contributed by atoms with E-state index in [0.29, 0.717) is 6.54 Å². The van der Waals surface area contributed by atoms with Crippen LogP contribution in [-0.4, -0.2) is 24.3 Å². The number of benzene rings is 2. The second-order valence-electron chi connectivity index (χ2n) is 4.70. The maximum absolute atomic E-state index is 13.5. The van der Waals surface area contributed by atoms with Gasteiger partial charge in [-0.05, 0) is 36.9 Å². The van der Waals surface area contributed by atoms with Crippen molar-refractivity contribution < 1.29 is 13.6 Å². The maximum Gasteiger partial charge on any atom is 0.179 e. The standard InChI is InChI=1S/C16H15F2NO/c1-19(10-12-6-8-13(17)9-7-12)11-16(20)14-4-2-3-5-15(14)18/h2-9H,10-11H2,1H3. The van der Waals surface area contributed by atoms with Gasteiger partial charge in [-0.3, -0.25) is 9.69 Å². The molecule has 2 aromatic rings. The van der Waals surface area contributed by atoms with Crippen LogP contribution in [0.25, 0.3) is 0 Å². The van der Waals surface area contributed by atoms with Gasteiger partial charge in [-0.1, -0.05) is 24.3 Å². The molecule has 0 spiro atoms. The van der Waals surface area contributed by atoms with Crippen molar-refractivity contribution in [2.24, 2.45) is 0 Å². The molecular weight excluding hydrogens is 260 g/mol. The molecule has 2 aromatic carbocycles. The van der Waals surface area contributed by atoms with Crippen molar-refractivity contribution in [3.8, 4) is 0 Å². The molecule has 0 heterocycles. The Labute approximate surface area is 116 Å². The summed E-state index contributed by atoms with van der Waals surface area (Å²) in [6.45, 7) is 0.610. The van der Waals surface area contributed by atoms with Crippen LogP contribution in [0.4, 0.5) is 8.78 Å². The molecule has 0 atom stereocenters. The van der Waals surface area contributed by atoms with E-state index < -0.39 is 5.82 Å². The van der Waals surface area contributed by atoms with Gasteiger partial charge in [0.05, 0.1) is 12.1 Å². The zero-order valence-electron chi connectivity index (χ0n) is 11.1. The van der Waals surface area contributed by atoms with Crippen molar-refractivity contribution in [2.45, 2.75) is 6.54 Å². The number of ketones is 1. The number of carbonyl (C=O) groups excluding carboxylic acids is 1. The first kappa shape index (κ1) is 14.3. The number of nitrogens with zero attached hydrogens (tertiary/aromatic N) is 1. The van der Waals surface area contributed by atoms with Crippen molar-refractivity contribution >= 4 is 5.78 Å². The summed E-state index contributed by atoms with van der Waals surface area (Å²) in [6, 6.07) is 12.0. The molecule has 0 saturated heterocycles. The van der Waals surface area contributed by atoms with Crippen LogP contribution in [0.2, 0.25) is 0 Å². The zero-order chi connectivity index (χ0) is 14.5. The van der Waals surface area contributed by atoms with Gasteiger partial charge in [0.25, 0.3) is 0 Å². The lowest BCUT2D eigenvalue weighted by atomic mass is 10.1. The SMILES string of the molecule is CN(CC(=O)c1ccccc1F)Cc1ccc(F)cc1. The highest BCUT2D eigenvalue weighted by Crippen LogP contribution is 2.10. The zero-order valence-corrected chi connectivity index (χ0v) is 11.1. The monoisotopic (exact) mass is 275 g/mol. The lowest BCUT2D eigenvalue weighted by Gasteiger charge is -2.16. The Morgan fingerprint density at radius 3 is 2.35 bits per heavy atom. The number of hydrogen-bond acceptors (Lipinski definition) is 2. The average molecular weight is 275 g/mol. The molecule has 2 nitrogen and oxygen atoms in total. The van der Waals surface area contributed by atoms with Crippen LogP contribution in [0.15, 0.2) is 48.5 Å². The maximum atomic E-state index is 13.5. The average Bonchev–Trinajstić information content (AvgIpc) is 2.41. The summed E-state index contributed by atoms with van der Waals surface area (Å²) < 4.78 is 26.3. The topological polar surface area (TPSA) is 20.3 Å². The van der Waals surface area contributed by atoms with E-state index >= 15 is 0 Å². The molecule has 4 heteroatoms. The van der Waals surface area contributed by atoms with Crippen LogP contribution in [0.3, 0.4) is 0 Å². The fourth-order valence-electron chi connectivity index (χ4n) is 1.98. The van der Waals surface area contributed by atoms with E-state index in [0.717, 1.165) is 5.56 Å². The Bertz CT molecular complexity index is 596. The molecule has 0 aromatic heterocycles. The van der Waals surface area contributed by atoms with Crippen LogP contribution >= 0.6 is 0 Å². The van der Waals surface area contributed by atoms with Crippen molar-refractivity contribution in [1.29, 1.82) is 0 Å². The van der Waals surface area contributed by atoms with Crippen molar-refractivity contribution in [1.82, 2.24) is 4.90 Å². The third-order valence-electron chi connectivity index (χ3n) is 2.95. The third-order valence-corrected chi connectivity index (χ3v) is 2.95. The molecule has 0 unspecified atom stereocenters. The predicted octanol–water partition coefficient (Wildman–Crippen LogP) is 3.28. The van der Waals surface area contributed by atoms with E-state index in [2.05, 4.69) is 0 Å². The van der Waals surface area contributed by atoms with E-state index in [-0.39, 0.29) is 23.7 Å². The molecule has 0 fully saturated rings. The quantitative estimate of drug-likeness (QED) is 0.780. The largest absolute Gasteiger partial charge is 0.295 e. The Hall–Kier alpha value is -2.07. The second kappa shape index (κ2) is 6.39. The minimum absolute atomic E-state index is 0.0958. The Morgan fingerprint density at radius 1 is 1.05 bits per heavy atom. The van der Waals surface area contributed by atoms with Gasteiger partial charge in [0.2, 0.25) is 0 Å². The van der Waals surface area contributed by atoms with E-state index in [9.17, 15) is 13.6 Å². The minimum atomic E-state index is -0.507. The lowest BCUT2D eigenvalue weighted by molar-refractivity contribution is 0.0939. The van der Waals surface area contributed by atoms with Crippen LogP contribution in [0, 0.1) is 11.6 Å². The molecule has 104 valence electrons. The second-order valence-corrected chi connectivity index (χ2v) is 4.70. The van der Waals surface area contributed by atoms with Crippen LogP contribution in [-0.2, 0) is 6.54 Å². The smallest absolute Gasteiger partial charge is 0.179 e. The number of rotatable bonds is 5. The highest BCUT2D eigenvalue weighted by Gasteiger charge is 2.13. The number of likely N-dealkylation sites (N-methyl/N-ethyl adjacent to an activating group) is 1. The first-order valence-electron chi connectivity index (χ1n) is 6.27. The summed E-state index contributed by atoms with van der Waals surface area (Å²) in [6.07, 6.45) is 0. The first-order valence-corrected chi connectivity index (χ1v) is 6.27. The van der Waals surface area contributed by atoms with E-state index in [1.54, 1.807) is 36.2 Å². The van der Waals surface area contributed by atoms with E-state index in [4.69, 9.17) is 0 Å². The van der Waals surface area contributed by atoms with Crippen molar-refractivity contribution in [3.63, 3.8) is 0 Å². The van der Waals surface area contributed by atoms with E-state index in [1.165, 1.54) is 24.3 Å². The predicted molar refractivity (Wildman–Crippen MR) is 73.5 cm³/mol. The number of halogens is 2. The Kier molecular flexibility index (Phi) is 4.58. The van der Waals surface area contributed by atoms with Crippen LogP contribution in [0.1, 0.15) is 15.9 Å². The summed E-state index contributed by atoms with van der Waals surface area (Å²) in [7, 11) is 1.77. The highest BCUT2D eigenvalue weighted by molar-refractivity contribution is 5.97. The molecule has 20 heavy (non-hydrogen) atoms. The van der Waals surface area contributed by atoms with Crippen molar-refractivity contribution in [3.05, 3.63) is 71.3 Å². The van der Waals surface area contributed by atoms with E-state index in [1.807, 2.05) is 0 Å². The number of carbonyl (C=O) groups is 1. The first-order chi connectivity index (χ1) is 9.56. The molecule has 0 bridgehead atoms. The lowest BCUT2D eigenvalue weighted by Crippen LogP contribution is -2.26. The highest BCUT2D eigenvalue weighted by atomic mass is 19.1. The Morgan fingerprint density at radius 2 is 1.70 bits per heavy atom. The summed E-state index contributed by atoms with van der Waals surface area (Å²) in [5.74, 6) is -1.07. The van der Waals surface area contributed by atoms with Crippen molar-refractivity contribution in [2.75, 3.05) is 13.6 Å². The van der Waals surface area contributed by atoms with Gasteiger partial charge in [0, 0.05) is 6.54 Å². The molecule has 0 aliphatic heterocycles.